The van der Waals surface area contributed by atoms with E-state index in [4.69, 9.17) is 0 Å². The van der Waals surface area contributed by atoms with Gasteiger partial charge in [0.15, 0.2) is 0 Å². The van der Waals surface area contributed by atoms with Crippen LogP contribution >= 0.6 is 15.9 Å². The summed E-state index contributed by atoms with van der Waals surface area (Å²) < 4.78 is 1.25. The molecule has 62 valence electrons. The Labute approximate surface area is 76.9 Å². The molecule has 0 fully saturated rings. The molecule has 0 N–H and O–H groups in total. The van der Waals surface area contributed by atoms with E-state index in [9.17, 15) is 0 Å². The summed E-state index contributed by atoms with van der Waals surface area (Å²) in [7, 11) is 0. The third kappa shape index (κ3) is 2.09. The lowest BCUT2D eigenvalue weighted by Gasteiger charge is -2.25. The Morgan fingerprint density at radius 2 is 2.36 bits per heavy atom. The molecule has 0 bridgehead atoms. The van der Waals surface area contributed by atoms with Crippen LogP contribution in [0.25, 0.3) is 0 Å². The minimum atomic E-state index is 1.05. The lowest BCUT2D eigenvalue weighted by molar-refractivity contribution is 0.400. The van der Waals surface area contributed by atoms with E-state index < -0.39 is 0 Å². The molecular formula is C9H14BrN. The van der Waals surface area contributed by atoms with Crippen molar-refractivity contribution in [3.8, 4) is 0 Å². The predicted molar refractivity (Wildman–Crippen MR) is 52.6 cm³/mol. The molecule has 0 aromatic carbocycles. The summed E-state index contributed by atoms with van der Waals surface area (Å²) in [5, 5.41) is 0. The van der Waals surface area contributed by atoms with Crippen LogP contribution in [0, 0.1) is 0 Å². The molecule has 0 spiro atoms. The van der Waals surface area contributed by atoms with Crippen LogP contribution in [0.3, 0.4) is 0 Å². The molecule has 0 radical (unpaired) electrons. The summed E-state index contributed by atoms with van der Waals surface area (Å²) in [5.74, 6) is 0. The lowest BCUT2D eigenvalue weighted by Crippen LogP contribution is -2.24. The first-order valence-electron chi connectivity index (χ1n) is 4.03. The third-order valence-electron chi connectivity index (χ3n) is 1.79. The second-order valence-corrected chi connectivity index (χ2v) is 3.57. The SMILES string of the molecule is CCCN1CC=CC(C)=C1Br. The lowest BCUT2D eigenvalue weighted by atomic mass is 10.2. The maximum absolute atomic E-state index is 3.58. The normalized spacial score (nSPS) is 17.9. The van der Waals surface area contributed by atoms with Gasteiger partial charge in [-0.1, -0.05) is 19.1 Å². The smallest absolute Gasteiger partial charge is 0.0838 e. The fourth-order valence-corrected chi connectivity index (χ4v) is 1.67. The molecule has 11 heavy (non-hydrogen) atoms. The Balaban J connectivity index is 2.64. The second kappa shape index (κ2) is 3.96. The van der Waals surface area contributed by atoms with Crippen molar-refractivity contribution in [2.45, 2.75) is 20.3 Å². The first-order valence-corrected chi connectivity index (χ1v) is 4.83. The maximum Gasteiger partial charge on any atom is 0.0838 e. The number of allylic oxidation sites excluding steroid dienone is 2. The maximum atomic E-state index is 3.58. The predicted octanol–water partition coefficient (Wildman–Crippen LogP) is 2.89. The van der Waals surface area contributed by atoms with Crippen LogP contribution in [0.2, 0.25) is 0 Å². The zero-order valence-electron chi connectivity index (χ0n) is 7.10. The van der Waals surface area contributed by atoms with Gasteiger partial charge in [0.1, 0.15) is 0 Å². The van der Waals surface area contributed by atoms with Gasteiger partial charge in [0.25, 0.3) is 0 Å². The van der Waals surface area contributed by atoms with Gasteiger partial charge in [0.05, 0.1) is 4.61 Å². The zero-order chi connectivity index (χ0) is 8.27. The van der Waals surface area contributed by atoms with E-state index in [2.05, 4.69) is 46.8 Å². The van der Waals surface area contributed by atoms with E-state index in [1.54, 1.807) is 0 Å². The molecule has 0 amide bonds. The molecule has 2 heteroatoms. The van der Waals surface area contributed by atoms with E-state index in [1.807, 2.05) is 0 Å². The molecule has 0 aromatic heterocycles. The highest BCUT2D eigenvalue weighted by Gasteiger charge is 2.09. The van der Waals surface area contributed by atoms with E-state index in [1.165, 1.54) is 16.6 Å². The summed E-state index contributed by atoms with van der Waals surface area (Å²) in [6.07, 6.45) is 5.57. The Hall–Kier alpha value is -0.240. The molecule has 0 saturated carbocycles. The zero-order valence-corrected chi connectivity index (χ0v) is 8.69. The Kier molecular flexibility index (Phi) is 3.18. The van der Waals surface area contributed by atoms with Crippen molar-refractivity contribution in [3.05, 3.63) is 22.3 Å². The summed E-state index contributed by atoms with van der Waals surface area (Å²) >= 11 is 3.58. The molecule has 1 nitrogen and oxygen atoms in total. The van der Waals surface area contributed by atoms with E-state index in [0.29, 0.717) is 0 Å². The molecule has 1 rings (SSSR count). The van der Waals surface area contributed by atoms with Crippen LogP contribution in [0.15, 0.2) is 22.3 Å². The van der Waals surface area contributed by atoms with E-state index >= 15 is 0 Å². The minimum Gasteiger partial charge on any atom is -0.362 e. The Morgan fingerprint density at radius 3 is 3.00 bits per heavy atom. The van der Waals surface area contributed by atoms with Gasteiger partial charge < -0.3 is 4.90 Å². The summed E-state index contributed by atoms with van der Waals surface area (Å²) in [6, 6.07) is 0. The average Bonchev–Trinajstić information content (AvgIpc) is 1.99. The molecule has 0 saturated heterocycles. The van der Waals surface area contributed by atoms with Crippen molar-refractivity contribution in [2.75, 3.05) is 13.1 Å². The topological polar surface area (TPSA) is 3.24 Å². The quantitative estimate of drug-likeness (QED) is 0.641. The first kappa shape index (κ1) is 8.85. The Bertz CT molecular complexity index is 194. The van der Waals surface area contributed by atoms with Crippen molar-refractivity contribution in [3.63, 3.8) is 0 Å². The molecule has 1 aliphatic rings. The van der Waals surface area contributed by atoms with Crippen LogP contribution in [-0.4, -0.2) is 18.0 Å². The van der Waals surface area contributed by atoms with Crippen LogP contribution < -0.4 is 0 Å². The summed E-state index contributed by atoms with van der Waals surface area (Å²) in [6.45, 7) is 6.52. The van der Waals surface area contributed by atoms with Gasteiger partial charge >= 0.3 is 0 Å². The highest BCUT2D eigenvalue weighted by Crippen LogP contribution is 2.21. The molecule has 1 aliphatic heterocycles. The largest absolute Gasteiger partial charge is 0.362 e. The number of nitrogens with zero attached hydrogens (tertiary/aromatic N) is 1. The summed E-state index contributed by atoms with van der Waals surface area (Å²) in [5.41, 5.74) is 1.32. The van der Waals surface area contributed by atoms with Gasteiger partial charge in [-0.3, -0.25) is 0 Å². The third-order valence-corrected chi connectivity index (χ3v) is 2.92. The summed E-state index contributed by atoms with van der Waals surface area (Å²) in [4.78, 5) is 2.34. The van der Waals surface area contributed by atoms with Gasteiger partial charge in [-0.2, -0.15) is 0 Å². The first-order chi connectivity index (χ1) is 5.25. The standard InChI is InChI=1S/C9H14BrN/c1-3-6-11-7-4-5-8(2)9(11)10/h4-5H,3,6-7H2,1-2H3. The molecule has 0 aromatic rings. The number of hydrogen-bond donors (Lipinski definition) is 0. The van der Waals surface area contributed by atoms with Crippen LogP contribution in [0.4, 0.5) is 0 Å². The van der Waals surface area contributed by atoms with E-state index in [-0.39, 0.29) is 0 Å². The average molecular weight is 216 g/mol. The van der Waals surface area contributed by atoms with Crippen LogP contribution in [0.5, 0.6) is 0 Å². The van der Waals surface area contributed by atoms with Crippen molar-refractivity contribution >= 4 is 15.9 Å². The van der Waals surface area contributed by atoms with E-state index in [0.717, 1.165) is 13.1 Å². The van der Waals surface area contributed by atoms with Crippen molar-refractivity contribution in [2.24, 2.45) is 0 Å². The van der Waals surface area contributed by atoms with Gasteiger partial charge in [-0.15, -0.1) is 0 Å². The van der Waals surface area contributed by atoms with Crippen molar-refractivity contribution < 1.29 is 0 Å². The second-order valence-electron chi connectivity index (χ2n) is 2.82. The molecule has 0 atom stereocenters. The monoisotopic (exact) mass is 215 g/mol. The van der Waals surface area contributed by atoms with Gasteiger partial charge in [-0.05, 0) is 34.8 Å². The van der Waals surface area contributed by atoms with Crippen LogP contribution in [-0.2, 0) is 0 Å². The van der Waals surface area contributed by atoms with Gasteiger partial charge in [0.2, 0.25) is 0 Å². The highest BCUT2D eigenvalue weighted by atomic mass is 79.9. The number of halogens is 1. The fourth-order valence-electron chi connectivity index (χ4n) is 1.21. The number of hydrogen-bond acceptors (Lipinski definition) is 1. The minimum absolute atomic E-state index is 1.05. The van der Waals surface area contributed by atoms with Crippen molar-refractivity contribution in [1.82, 2.24) is 4.90 Å². The van der Waals surface area contributed by atoms with Gasteiger partial charge in [-0.25, -0.2) is 0 Å². The van der Waals surface area contributed by atoms with Crippen LogP contribution in [0.1, 0.15) is 20.3 Å². The highest BCUT2D eigenvalue weighted by molar-refractivity contribution is 9.11. The molecule has 0 unspecified atom stereocenters. The van der Waals surface area contributed by atoms with Crippen molar-refractivity contribution in [1.29, 1.82) is 0 Å². The molecular weight excluding hydrogens is 202 g/mol. The molecule has 1 heterocycles. The number of rotatable bonds is 2. The van der Waals surface area contributed by atoms with Gasteiger partial charge in [0, 0.05) is 13.1 Å². The Morgan fingerprint density at radius 1 is 1.64 bits per heavy atom. The molecule has 0 aliphatic carbocycles. The fraction of sp³-hybridized carbons (Fsp3) is 0.556.